The highest BCUT2D eigenvalue weighted by Crippen LogP contribution is 2.24. The molecule has 0 spiro atoms. The van der Waals surface area contributed by atoms with Gasteiger partial charge in [0.05, 0.1) is 12.1 Å². The zero-order valence-corrected chi connectivity index (χ0v) is 16.2. The summed E-state index contributed by atoms with van der Waals surface area (Å²) in [7, 11) is 0. The highest BCUT2D eigenvalue weighted by atomic mass is 32.1. The maximum Gasteiger partial charge on any atom is 0.412 e. The molecule has 0 fully saturated rings. The number of hydrogen-bond donors (Lipinski definition) is 3. The van der Waals surface area contributed by atoms with Crippen LogP contribution >= 0.6 is 11.3 Å². The third-order valence-corrected chi connectivity index (χ3v) is 4.99. The molecule has 1 aromatic heterocycles. The lowest BCUT2D eigenvalue weighted by molar-refractivity contribution is -0.119. The Hall–Kier alpha value is -2.16. The second-order valence-electron chi connectivity index (χ2n) is 6.41. The molecule has 0 saturated carbocycles. The van der Waals surface area contributed by atoms with Gasteiger partial charge in [0.15, 0.2) is 0 Å². The molecule has 0 radical (unpaired) electrons. The number of carbonyl (C=O) groups excluding carboxylic acids is 1. The zero-order chi connectivity index (χ0) is 20.6. The first-order chi connectivity index (χ1) is 13.3. The number of carbonyl (C=O) groups is 1. The van der Waals surface area contributed by atoms with Gasteiger partial charge in [0.25, 0.3) is 0 Å². The molecule has 2 aromatic rings. The van der Waals surface area contributed by atoms with Crippen molar-refractivity contribution in [2.24, 2.45) is 0 Å². The molecule has 0 saturated heterocycles. The van der Waals surface area contributed by atoms with Crippen LogP contribution in [0.15, 0.2) is 59.5 Å². The molecule has 1 aromatic carbocycles. The summed E-state index contributed by atoms with van der Waals surface area (Å²) in [5, 5.41) is 18.1. The summed E-state index contributed by atoms with van der Waals surface area (Å²) >= 11 is 1.58. The third kappa shape index (κ3) is 7.46. The minimum absolute atomic E-state index is 0.192. The maximum atomic E-state index is 12.6. The number of benzene rings is 1. The monoisotopic (exact) mass is 412 g/mol. The summed E-state index contributed by atoms with van der Waals surface area (Å²) in [4.78, 5) is 13.1. The normalized spacial score (nSPS) is 14.5. The molecule has 0 aliphatic heterocycles. The topological polar surface area (TPSA) is 61.4 Å². The molecule has 0 aliphatic carbocycles. The van der Waals surface area contributed by atoms with Crippen LogP contribution in [-0.2, 0) is 17.8 Å². The summed E-state index contributed by atoms with van der Waals surface area (Å²) in [5.74, 6) is -0.881. The molecule has 28 heavy (non-hydrogen) atoms. The number of alkyl halides is 3. The van der Waals surface area contributed by atoms with Crippen molar-refractivity contribution in [3.05, 3.63) is 69.9 Å². The van der Waals surface area contributed by atoms with Gasteiger partial charge in [-0.15, -0.1) is 11.3 Å². The van der Waals surface area contributed by atoms with E-state index in [0.29, 0.717) is 19.0 Å². The van der Waals surface area contributed by atoms with Crippen molar-refractivity contribution in [3.8, 4) is 0 Å². The average Bonchev–Trinajstić information content (AvgIpc) is 3.14. The molecule has 0 bridgehead atoms. The van der Waals surface area contributed by atoms with Crippen LogP contribution < -0.4 is 10.6 Å². The van der Waals surface area contributed by atoms with Gasteiger partial charge in [0.2, 0.25) is 5.91 Å². The average molecular weight is 412 g/mol. The minimum atomic E-state index is -4.56. The summed E-state index contributed by atoms with van der Waals surface area (Å²) in [5.41, 5.74) is -0.129. The Morgan fingerprint density at radius 1 is 1.21 bits per heavy atom. The number of thiophene rings is 1. The summed E-state index contributed by atoms with van der Waals surface area (Å²) < 4.78 is 37.9. The van der Waals surface area contributed by atoms with E-state index in [1.807, 2.05) is 47.8 Å². The number of aliphatic hydroxyl groups excluding tert-OH is 1. The van der Waals surface area contributed by atoms with Crippen LogP contribution in [-0.4, -0.2) is 35.9 Å². The van der Waals surface area contributed by atoms with Gasteiger partial charge in [-0.05, 0) is 30.4 Å². The number of allylic oxidation sites excluding steroid dienone is 1. The van der Waals surface area contributed by atoms with Crippen molar-refractivity contribution >= 4 is 17.2 Å². The van der Waals surface area contributed by atoms with Crippen LogP contribution in [0.4, 0.5) is 13.2 Å². The van der Waals surface area contributed by atoms with Gasteiger partial charge in [-0.25, -0.2) is 0 Å². The maximum absolute atomic E-state index is 12.6. The number of nitrogens with one attached hydrogen (secondary N) is 2. The van der Waals surface area contributed by atoms with Crippen molar-refractivity contribution in [2.75, 3.05) is 6.54 Å². The Labute approximate surface area is 166 Å². The van der Waals surface area contributed by atoms with Crippen LogP contribution in [0.1, 0.15) is 17.4 Å². The standard InChI is InChI=1S/C20H23F3N2O2S/c1-14(20(21,22)23)10-19(27)25-17(11-15-6-3-2-4-7-15)18(26)13-24-12-16-8-5-9-28-16/h2-10,17-18,24,26H,11-13H2,1H3,(H,25,27)/b14-10+. The van der Waals surface area contributed by atoms with Crippen LogP contribution in [0.2, 0.25) is 0 Å². The van der Waals surface area contributed by atoms with Gasteiger partial charge in [-0.2, -0.15) is 13.2 Å². The molecule has 2 rings (SSSR count). The van der Waals surface area contributed by atoms with E-state index < -0.39 is 29.8 Å². The molecule has 2 unspecified atom stereocenters. The fraction of sp³-hybridized carbons (Fsp3) is 0.350. The van der Waals surface area contributed by atoms with Gasteiger partial charge in [0, 0.05) is 29.6 Å². The number of aliphatic hydroxyl groups is 1. The lowest BCUT2D eigenvalue weighted by Gasteiger charge is -2.24. The highest BCUT2D eigenvalue weighted by molar-refractivity contribution is 7.09. The van der Waals surface area contributed by atoms with Crippen molar-refractivity contribution < 1.29 is 23.1 Å². The third-order valence-electron chi connectivity index (χ3n) is 4.12. The van der Waals surface area contributed by atoms with Gasteiger partial charge >= 0.3 is 6.18 Å². The van der Waals surface area contributed by atoms with Crippen molar-refractivity contribution in [3.63, 3.8) is 0 Å². The second-order valence-corrected chi connectivity index (χ2v) is 7.44. The first kappa shape index (κ1) is 22.1. The van der Waals surface area contributed by atoms with Gasteiger partial charge in [0.1, 0.15) is 0 Å². The highest BCUT2D eigenvalue weighted by Gasteiger charge is 2.31. The Morgan fingerprint density at radius 3 is 2.54 bits per heavy atom. The number of halogens is 3. The summed E-state index contributed by atoms with van der Waals surface area (Å²) in [6.45, 7) is 1.59. The first-order valence-corrected chi connectivity index (χ1v) is 9.64. The van der Waals surface area contributed by atoms with Gasteiger partial charge < -0.3 is 15.7 Å². The van der Waals surface area contributed by atoms with Crippen molar-refractivity contribution in [1.82, 2.24) is 10.6 Å². The molecule has 8 heteroatoms. The molecule has 152 valence electrons. The van der Waals surface area contributed by atoms with E-state index in [2.05, 4.69) is 10.6 Å². The predicted molar refractivity (Wildman–Crippen MR) is 104 cm³/mol. The largest absolute Gasteiger partial charge is 0.412 e. The smallest absolute Gasteiger partial charge is 0.390 e. The minimum Gasteiger partial charge on any atom is -0.390 e. The van der Waals surface area contributed by atoms with Crippen LogP contribution in [0.25, 0.3) is 0 Å². The fourth-order valence-electron chi connectivity index (χ4n) is 2.55. The molecular formula is C20H23F3N2O2S. The molecule has 3 N–H and O–H groups in total. The van der Waals surface area contributed by atoms with Crippen LogP contribution in [0, 0.1) is 0 Å². The van der Waals surface area contributed by atoms with Gasteiger partial charge in [-0.3, -0.25) is 4.79 Å². The van der Waals surface area contributed by atoms with E-state index in [9.17, 15) is 23.1 Å². The fourth-order valence-corrected chi connectivity index (χ4v) is 3.23. The quantitative estimate of drug-likeness (QED) is 0.553. The number of amides is 1. The van der Waals surface area contributed by atoms with Gasteiger partial charge in [-0.1, -0.05) is 36.4 Å². The summed E-state index contributed by atoms with van der Waals surface area (Å²) in [6.07, 6.45) is -4.71. The Balaban J connectivity index is 2.02. The Morgan fingerprint density at radius 2 is 1.93 bits per heavy atom. The van der Waals surface area contributed by atoms with E-state index >= 15 is 0 Å². The van der Waals surface area contributed by atoms with Crippen molar-refractivity contribution in [1.29, 1.82) is 0 Å². The van der Waals surface area contributed by atoms with E-state index in [4.69, 9.17) is 0 Å². The zero-order valence-electron chi connectivity index (χ0n) is 15.4. The molecule has 0 aliphatic rings. The van der Waals surface area contributed by atoms with E-state index in [1.165, 1.54) is 0 Å². The van der Waals surface area contributed by atoms with Crippen LogP contribution in [0.3, 0.4) is 0 Å². The molecule has 1 heterocycles. The number of hydrogen-bond acceptors (Lipinski definition) is 4. The van der Waals surface area contributed by atoms with E-state index in [0.717, 1.165) is 17.4 Å². The molecule has 2 atom stereocenters. The number of rotatable bonds is 9. The molecule has 1 amide bonds. The Bertz CT molecular complexity index is 762. The predicted octanol–water partition coefficient (Wildman–Crippen LogP) is 3.43. The Kier molecular flexibility index (Phi) is 8.22. The molecular weight excluding hydrogens is 389 g/mol. The lowest BCUT2D eigenvalue weighted by Crippen LogP contribution is -2.48. The SMILES string of the molecule is C/C(=C\C(=O)NC(Cc1ccccc1)C(O)CNCc1cccs1)C(F)(F)F. The second kappa shape index (κ2) is 10.4. The molecule has 4 nitrogen and oxygen atoms in total. The van der Waals surface area contributed by atoms with E-state index in [1.54, 1.807) is 11.3 Å². The van der Waals surface area contributed by atoms with Crippen LogP contribution in [0.5, 0.6) is 0 Å². The summed E-state index contributed by atoms with van der Waals surface area (Å²) in [6, 6.07) is 12.3. The lowest BCUT2D eigenvalue weighted by atomic mass is 10.0. The van der Waals surface area contributed by atoms with E-state index in [-0.39, 0.29) is 6.54 Å². The first-order valence-electron chi connectivity index (χ1n) is 8.77. The van der Waals surface area contributed by atoms with Crippen molar-refractivity contribution in [2.45, 2.75) is 38.2 Å².